The molecule has 0 spiro atoms. The molecule has 6 rings (SSSR count). The summed E-state index contributed by atoms with van der Waals surface area (Å²) in [5.41, 5.74) is 8.23. The lowest BCUT2D eigenvalue weighted by atomic mass is 9.79. The molecule has 0 bridgehead atoms. The van der Waals surface area contributed by atoms with E-state index in [9.17, 15) is 5.11 Å². The highest BCUT2D eigenvalue weighted by Gasteiger charge is 2.44. The fraction of sp³-hybridized carbons (Fsp3) is 0.536. The number of aromatic nitrogens is 5. The summed E-state index contributed by atoms with van der Waals surface area (Å²) in [7, 11) is 0. The minimum absolute atomic E-state index is 0.00338. The molecule has 10 nitrogen and oxygen atoms in total. The number of anilines is 1. The number of phenols is 1. The molecule has 3 N–H and O–H groups in total. The van der Waals surface area contributed by atoms with Crippen LogP contribution in [0.25, 0.3) is 22.5 Å². The summed E-state index contributed by atoms with van der Waals surface area (Å²) in [5.74, 6) is 1.03. The van der Waals surface area contributed by atoms with Crippen molar-refractivity contribution in [2.75, 3.05) is 18.1 Å². The number of halogens is 1. The normalized spacial score (nSPS) is 26.9. The van der Waals surface area contributed by atoms with E-state index in [1.165, 1.54) is 0 Å². The van der Waals surface area contributed by atoms with Crippen LogP contribution in [0.3, 0.4) is 0 Å². The molecule has 3 aromatic rings. The standard InChI is InChI=1S/C28H34FN7O3/c1-16-4-3-9-28(2,30)13-22(24(16)29)36(18-6-7-18)27-32-15-21(34-35-27)19-8-5-17(12-23(19)37)20-14-31-25-26(33-20)39-11-10-38-25/h5,8,12,14-16,18,22,24,37H,3-4,6-7,9-11,13,30H2,1-2H3/t16?,22-,24+,28-/m0/s1. The van der Waals surface area contributed by atoms with Crippen molar-refractivity contribution in [2.45, 2.75) is 76.2 Å². The Hall–Kier alpha value is -3.60. The fourth-order valence-electron chi connectivity index (χ4n) is 5.63. The fourth-order valence-corrected chi connectivity index (χ4v) is 5.63. The average molecular weight is 536 g/mol. The minimum Gasteiger partial charge on any atom is -0.507 e. The number of alkyl halides is 1. The molecule has 1 aromatic carbocycles. The SMILES string of the molecule is CC1CCC[C@](C)(N)C[C@H](N(c2ncc(-c3ccc(-c4cnc5c(n4)OCCO5)cc3O)nn2)C2CC2)[C@@H]1F. The van der Waals surface area contributed by atoms with E-state index in [4.69, 9.17) is 15.2 Å². The third kappa shape index (κ3) is 5.32. The molecule has 206 valence electrons. The summed E-state index contributed by atoms with van der Waals surface area (Å²) in [6.07, 6.45) is 7.20. The molecular formula is C28H34FN7O3. The number of nitrogens with two attached hydrogens (primary N) is 1. The number of benzene rings is 1. The molecule has 4 atom stereocenters. The van der Waals surface area contributed by atoms with Crippen molar-refractivity contribution in [3.8, 4) is 40.0 Å². The largest absolute Gasteiger partial charge is 0.507 e. The van der Waals surface area contributed by atoms with Gasteiger partial charge in [0.25, 0.3) is 11.8 Å². The number of fused-ring (bicyclic) bond motifs is 1. The maximum atomic E-state index is 15.8. The number of hydrogen-bond acceptors (Lipinski definition) is 10. The van der Waals surface area contributed by atoms with Crippen LogP contribution >= 0.6 is 0 Å². The van der Waals surface area contributed by atoms with E-state index >= 15 is 4.39 Å². The number of rotatable bonds is 5. The van der Waals surface area contributed by atoms with Crippen molar-refractivity contribution in [1.82, 2.24) is 25.1 Å². The van der Waals surface area contributed by atoms with Crippen LogP contribution in [0.4, 0.5) is 10.3 Å². The highest BCUT2D eigenvalue weighted by molar-refractivity contribution is 5.72. The van der Waals surface area contributed by atoms with Gasteiger partial charge < -0.3 is 25.2 Å². The van der Waals surface area contributed by atoms with Gasteiger partial charge in [-0.05, 0) is 57.1 Å². The second-order valence-electron chi connectivity index (χ2n) is 11.3. The van der Waals surface area contributed by atoms with E-state index in [1.54, 1.807) is 24.5 Å². The first-order valence-corrected chi connectivity index (χ1v) is 13.7. The zero-order chi connectivity index (χ0) is 27.1. The number of nitrogens with zero attached hydrogens (tertiary/aromatic N) is 6. The second-order valence-corrected chi connectivity index (χ2v) is 11.3. The predicted molar refractivity (Wildman–Crippen MR) is 143 cm³/mol. The molecule has 0 radical (unpaired) electrons. The van der Waals surface area contributed by atoms with Gasteiger partial charge in [-0.15, -0.1) is 10.2 Å². The Kier molecular flexibility index (Phi) is 6.70. The van der Waals surface area contributed by atoms with Gasteiger partial charge in [-0.2, -0.15) is 0 Å². The Bertz CT molecular complexity index is 1340. The van der Waals surface area contributed by atoms with E-state index in [1.807, 2.05) is 24.8 Å². The molecular weight excluding hydrogens is 501 g/mol. The monoisotopic (exact) mass is 535 g/mol. The lowest BCUT2D eigenvalue weighted by Crippen LogP contribution is -2.54. The first-order valence-electron chi connectivity index (χ1n) is 13.7. The van der Waals surface area contributed by atoms with Crippen LogP contribution in [0.5, 0.6) is 17.5 Å². The Morgan fingerprint density at radius 2 is 1.82 bits per heavy atom. The van der Waals surface area contributed by atoms with Crippen molar-refractivity contribution in [2.24, 2.45) is 11.7 Å². The Morgan fingerprint density at radius 1 is 1.05 bits per heavy atom. The number of phenolic OH excluding ortho intramolecular Hbond substituents is 1. The van der Waals surface area contributed by atoms with Gasteiger partial charge in [-0.1, -0.05) is 19.4 Å². The molecule has 2 aromatic heterocycles. The van der Waals surface area contributed by atoms with Gasteiger partial charge in [0.15, 0.2) is 0 Å². The number of hydrogen-bond donors (Lipinski definition) is 2. The van der Waals surface area contributed by atoms with Gasteiger partial charge in [0.1, 0.15) is 30.8 Å². The molecule has 11 heteroatoms. The summed E-state index contributed by atoms with van der Waals surface area (Å²) < 4.78 is 26.7. The van der Waals surface area contributed by atoms with E-state index in [0.717, 1.165) is 32.1 Å². The first kappa shape index (κ1) is 25.7. The summed E-state index contributed by atoms with van der Waals surface area (Å²) >= 11 is 0. The van der Waals surface area contributed by atoms with E-state index < -0.39 is 17.8 Å². The van der Waals surface area contributed by atoms with Crippen LogP contribution in [0.15, 0.2) is 30.6 Å². The van der Waals surface area contributed by atoms with Crippen LogP contribution in [0.2, 0.25) is 0 Å². The molecule has 3 aliphatic rings. The quantitative estimate of drug-likeness (QED) is 0.492. The average Bonchev–Trinajstić information content (AvgIpc) is 3.77. The third-order valence-electron chi connectivity index (χ3n) is 7.91. The van der Waals surface area contributed by atoms with Gasteiger partial charge >= 0.3 is 0 Å². The van der Waals surface area contributed by atoms with Crippen molar-refractivity contribution in [1.29, 1.82) is 0 Å². The Balaban J connectivity index is 1.26. The predicted octanol–water partition coefficient (Wildman–Crippen LogP) is 4.08. The van der Waals surface area contributed by atoms with Gasteiger partial charge in [-0.3, -0.25) is 0 Å². The molecule has 2 fully saturated rings. The van der Waals surface area contributed by atoms with E-state index in [2.05, 4.69) is 25.1 Å². The van der Waals surface area contributed by atoms with Crippen molar-refractivity contribution in [3.05, 3.63) is 30.6 Å². The lowest BCUT2D eigenvalue weighted by molar-refractivity contribution is 0.140. The summed E-state index contributed by atoms with van der Waals surface area (Å²) in [6.45, 7) is 4.84. The Morgan fingerprint density at radius 3 is 2.54 bits per heavy atom. The Labute approximate surface area is 226 Å². The van der Waals surface area contributed by atoms with Gasteiger partial charge in [0.2, 0.25) is 5.95 Å². The number of ether oxygens (including phenoxy) is 2. The molecule has 2 aliphatic carbocycles. The van der Waals surface area contributed by atoms with Crippen LogP contribution in [-0.2, 0) is 0 Å². The third-order valence-corrected chi connectivity index (χ3v) is 7.91. The van der Waals surface area contributed by atoms with Crippen LogP contribution in [0.1, 0.15) is 52.4 Å². The zero-order valence-corrected chi connectivity index (χ0v) is 22.3. The smallest absolute Gasteiger partial charge is 0.278 e. The molecule has 1 aliphatic heterocycles. The zero-order valence-electron chi connectivity index (χ0n) is 22.3. The maximum Gasteiger partial charge on any atom is 0.278 e. The summed E-state index contributed by atoms with van der Waals surface area (Å²) in [6, 6.07) is 4.92. The van der Waals surface area contributed by atoms with Crippen molar-refractivity contribution in [3.63, 3.8) is 0 Å². The molecule has 39 heavy (non-hydrogen) atoms. The van der Waals surface area contributed by atoms with E-state index in [0.29, 0.717) is 59.9 Å². The van der Waals surface area contributed by atoms with Crippen molar-refractivity contribution >= 4 is 5.95 Å². The summed E-state index contributed by atoms with van der Waals surface area (Å²) in [5, 5.41) is 19.6. The lowest BCUT2D eigenvalue weighted by Gasteiger charge is -2.42. The first-order chi connectivity index (χ1) is 18.8. The molecule has 0 amide bonds. The van der Waals surface area contributed by atoms with Crippen LogP contribution in [-0.4, -0.2) is 67.3 Å². The van der Waals surface area contributed by atoms with Gasteiger partial charge in [-0.25, -0.2) is 19.3 Å². The highest BCUT2D eigenvalue weighted by atomic mass is 19.1. The molecule has 1 unspecified atom stereocenters. The molecule has 0 saturated heterocycles. The summed E-state index contributed by atoms with van der Waals surface area (Å²) in [4.78, 5) is 15.3. The molecule has 3 heterocycles. The maximum absolute atomic E-state index is 15.8. The topological polar surface area (TPSA) is 132 Å². The van der Waals surface area contributed by atoms with Gasteiger partial charge in [0, 0.05) is 22.7 Å². The molecule has 2 saturated carbocycles. The number of aromatic hydroxyl groups is 1. The van der Waals surface area contributed by atoms with Crippen molar-refractivity contribution < 1.29 is 19.0 Å². The van der Waals surface area contributed by atoms with Gasteiger partial charge in [0.05, 0.1) is 24.1 Å². The highest BCUT2D eigenvalue weighted by Crippen LogP contribution is 2.40. The second kappa shape index (κ2) is 10.2. The van der Waals surface area contributed by atoms with Crippen LogP contribution < -0.4 is 20.1 Å². The van der Waals surface area contributed by atoms with Crippen LogP contribution in [0, 0.1) is 5.92 Å². The minimum atomic E-state index is -1.03. The van der Waals surface area contributed by atoms with E-state index in [-0.39, 0.29) is 17.7 Å².